The molecule has 3 N–H and O–H groups in total. The molecular formula is C55H107NO5. The highest BCUT2D eigenvalue weighted by Gasteiger charge is 2.24. The maximum absolute atomic E-state index is 13.2. The van der Waals surface area contributed by atoms with Crippen molar-refractivity contribution in [1.29, 1.82) is 0 Å². The number of hydrogen-bond acceptors (Lipinski definition) is 5. The minimum absolute atomic E-state index is 0.0815. The topological polar surface area (TPSA) is 95.9 Å². The molecule has 0 aliphatic heterocycles. The second-order valence-electron chi connectivity index (χ2n) is 19.0. The van der Waals surface area contributed by atoms with Crippen LogP contribution < -0.4 is 5.32 Å². The Balaban J connectivity index is 4.45. The number of hydrogen-bond donors (Lipinski definition) is 3. The van der Waals surface area contributed by atoms with Crippen molar-refractivity contribution in [3.63, 3.8) is 0 Å². The third kappa shape index (κ3) is 45.0. The lowest BCUT2D eigenvalue weighted by Gasteiger charge is -2.24. The van der Waals surface area contributed by atoms with Gasteiger partial charge in [0.15, 0.2) is 0 Å². The van der Waals surface area contributed by atoms with Crippen LogP contribution in [0.25, 0.3) is 0 Å². The van der Waals surface area contributed by atoms with Gasteiger partial charge in [0.05, 0.1) is 25.2 Å². The molecule has 0 aromatic rings. The molecule has 6 nitrogen and oxygen atoms in total. The second kappa shape index (κ2) is 49.6. The van der Waals surface area contributed by atoms with Crippen LogP contribution in [-0.4, -0.2) is 46.9 Å². The average Bonchev–Trinajstić information content (AvgIpc) is 3.25. The molecule has 3 atom stereocenters. The summed E-state index contributed by atoms with van der Waals surface area (Å²) in [6.07, 6.45) is 55.6. The Hall–Kier alpha value is -1.40. The van der Waals surface area contributed by atoms with Gasteiger partial charge >= 0.3 is 5.97 Å². The number of aliphatic hydroxyl groups excluding tert-OH is 2. The normalized spacial score (nSPS) is 13.2. The van der Waals surface area contributed by atoms with Gasteiger partial charge in [0.1, 0.15) is 6.10 Å². The molecule has 61 heavy (non-hydrogen) atoms. The van der Waals surface area contributed by atoms with Gasteiger partial charge in [0.25, 0.3) is 0 Å². The van der Waals surface area contributed by atoms with E-state index in [0.29, 0.717) is 19.3 Å². The van der Waals surface area contributed by atoms with E-state index in [1.807, 2.05) is 0 Å². The molecule has 0 heterocycles. The lowest BCUT2D eigenvalue weighted by molar-refractivity contribution is -0.151. The SMILES string of the molecule is CCCCCCCC/C=C/CCCCCCCCCC(CC(=O)NC(CO)C(O)CCCCCCCCCCCCCCCCCC)OC(=O)CCCCCCCCCCC. The summed E-state index contributed by atoms with van der Waals surface area (Å²) in [5.74, 6) is -0.462. The minimum Gasteiger partial charge on any atom is -0.462 e. The molecule has 0 spiro atoms. The van der Waals surface area contributed by atoms with Crippen LogP contribution in [0.4, 0.5) is 0 Å². The molecule has 0 aromatic carbocycles. The van der Waals surface area contributed by atoms with Crippen molar-refractivity contribution in [3.8, 4) is 0 Å². The molecule has 1 amide bonds. The summed E-state index contributed by atoms with van der Waals surface area (Å²) < 4.78 is 5.93. The predicted molar refractivity (Wildman–Crippen MR) is 264 cm³/mol. The van der Waals surface area contributed by atoms with Crippen molar-refractivity contribution in [2.24, 2.45) is 0 Å². The molecule has 0 aliphatic rings. The van der Waals surface area contributed by atoms with Crippen molar-refractivity contribution in [2.45, 2.75) is 322 Å². The predicted octanol–water partition coefficient (Wildman–Crippen LogP) is 16.5. The van der Waals surface area contributed by atoms with Crippen LogP contribution in [0, 0.1) is 0 Å². The van der Waals surface area contributed by atoms with Gasteiger partial charge in [-0.25, -0.2) is 0 Å². The number of rotatable bonds is 50. The number of allylic oxidation sites excluding steroid dienone is 2. The van der Waals surface area contributed by atoms with Gasteiger partial charge in [-0.3, -0.25) is 9.59 Å². The van der Waals surface area contributed by atoms with Crippen LogP contribution >= 0.6 is 0 Å². The lowest BCUT2D eigenvalue weighted by atomic mass is 10.0. The monoisotopic (exact) mass is 862 g/mol. The van der Waals surface area contributed by atoms with Gasteiger partial charge < -0.3 is 20.3 Å². The largest absolute Gasteiger partial charge is 0.462 e. The maximum atomic E-state index is 13.2. The third-order valence-corrected chi connectivity index (χ3v) is 12.8. The first kappa shape index (κ1) is 59.6. The molecule has 0 fully saturated rings. The minimum atomic E-state index is -0.783. The van der Waals surface area contributed by atoms with E-state index >= 15 is 0 Å². The van der Waals surface area contributed by atoms with E-state index < -0.39 is 18.2 Å². The Morgan fingerprint density at radius 1 is 0.459 bits per heavy atom. The number of esters is 1. The summed E-state index contributed by atoms with van der Waals surface area (Å²) in [4.78, 5) is 26.1. The van der Waals surface area contributed by atoms with Crippen molar-refractivity contribution >= 4 is 11.9 Å². The summed E-state index contributed by atoms with van der Waals surface area (Å²) in [7, 11) is 0. The summed E-state index contributed by atoms with van der Waals surface area (Å²) in [5, 5.41) is 23.8. The first-order chi connectivity index (χ1) is 30.0. The Morgan fingerprint density at radius 2 is 0.787 bits per heavy atom. The van der Waals surface area contributed by atoms with Crippen molar-refractivity contribution in [2.75, 3.05) is 6.61 Å². The fourth-order valence-corrected chi connectivity index (χ4v) is 8.66. The third-order valence-electron chi connectivity index (χ3n) is 12.8. The molecule has 0 rings (SSSR count). The maximum Gasteiger partial charge on any atom is 0.306 e. The first-order valence-corrected chi connectivity index (χ1v) is 27.4. The Labute approximate surface area is 380 Å². The number of carbonyl (C=O) groups is 2. The zero-order chi connectivity index (χ0) is 44.5. The lowest BCUT2D eigenvalue weighted by Crippen LogP contribution is -2.46. The molecule has 0 bridgehead atoms. The smallest absolute Gasteiger partial charge is 0.306 e. The van der Waals surface area contributed by atoms with Crippen LogP contribution in [0.1, 0.15) is 303 Å². The molecule has 3 unspecified atom stereocenters. The Morgan fingerprint density at radius 3 is 1.16 bits per heavy atom. The van der Waals surface area contributed by atoms with Gasteiger partial charge in [0, 0.05) is 6.42 Å². The molecule has 0 radical (unpaired) electrons. The number of aliphatic hydroxyl groups is 2. The molecule has 0 aliphatic carbocycles. The van der Waals surface area contributed by atoms with Crippen LogP contribution in [-0.2, 0) is 14.3 Å². The Kier molecular flexibility index (Phi) is 48.5. The first-order valence-electron chi connectivity index (χ1n) is 27.4. The van der Waals surface area contributed by atoms with Crippen molar-refractivity contribution in [3.05, 3.63) is 12.2 Å². The number of nitrogens with one attached hydrogen (secondary N) is 1. The fourth-order valence-electron chi connectivity index (χ4n) is 8.66. The van der Waals surface area contributed by atoms with Crippen molar-refractivity contribution in [1.82, 2.24) is 5.32 Å². The van der Waals surface area contributed by atoms with Crippen LogP contribution in [0.15, 0.2) is 12.2 Å². The standard InChI is InChI=1S/C55H107NO5/c1-4-7-10-13-16-19-21-23-25-27-28-30-32-35-37-40-43-46-51(61-55(60)48-45-42-39-34-18-15-12-9-6-3)49-54(59)56-52(50-57)53(58)47-44-41-38-36-33-31-29-26-24-22-20-17-14-11-8-5-2/h23,25,51-53,57-58H,4-22,24,26-50H2,1-3H3,(H,56,59)/b25-23+. The molecule has 6 heteroatoms. The van der Waals surface area contributed by atoms with E-state index in [2.05, 4.69) is 38.2 Å². The average molecular weight is 862 g/mol. The van der Waals surface area contributed by atoms with E-state index in [-0.39, 0.29) is 24.9 Å². The number of unbranched alkanes of at least 4 members (excludes halogenated alkanes) is 36. The van der Waals surface area contributed by atoms with Crippen LogP contribution in [0.2, 0.25) is 0 Å². The summed E-state index contributed by atoms with van der Waals surface area (Å²) in [6.45, 7) is 6.49. The Bertz CT molecular complexity index is 924. The summed E-state index contributed by atoms with van der Waals surface area (Å²) in [6, 6.07) is -0.696. The number of amides is 1. The highest BCUT2D eigenvalue weighted by molar-refractivity contribution is 5.77. The van der Waals surface area contributed by atoms with E-state index in [1.54, 1.807) is 0 Å². The zero-order valence-corrected chi connectivity index (χ0v) is 41.3. The molecular weight excluding hydrogens is 755 g/mol. The van der Waals surface area contributed by atoms with Gasteiger partial charge in [-0.2, -0.15) is 0 Å². The molecule has 0 aromatic heterocycles. The van der Waals surface area contributed by atoms with Gasteiger partial charge in [-0.05, 0) is 51.4 Å². The van der Waals surface area contributed by atoms with E-state index in [4.69, 9.17) is 4.74 Å². The van der Waals surface area contributed by atoms with Crippen molar-refractivity contribution < 1.29 is 24.5 Å². The van der Waals surface area contributed by atoms with Crippen LogP contribution in [0.3, 0.4) is 0 Å². The van der Waals surface area contributed by atoms with E-state index in [1.165, 1.54) is 205 Å². The summed E-state index contributed by atoms with van der Waals surface area (Å²) >= 11 is 0. The highest BCUT2D eigenvalue weighted by atomic mass is 16.5. The van der Waals surface area contributed by atoms with E-state index in [9.17, 15) is 19.8 Å². The molecule has 362 valence electrons. The zero-order valence-electron chi connectivity index (χ0n) is 41.3. The molecule has 0 saturated heterocycles. The number of ether oxygens (including phenoxy) is 1. The van der Waals surface area contributed by atoms with Crippen LogP contribution in [0.5, 0.6) is 0 Å². The number of carbonyl (C=O) groups excluding carboxylic acids is 2. The quantitative estimate of drug-likeness (QED) is 0.0322. The van der Waals surface area contributed by atoms with Gasteiger partial charge in [-0.15, -0.1) is 0 Å². The van der Waals surface area contributed by atoms with Gasteiger partial charge in [0.2, 0.25) is 5.91 Å². The second-order valence-corrected chi connectivity index (χ2v) is 19.0. The highest BCUT2D eigenvalue weighted by Crippen LogP contribution is 2.19. The fraction of sp³-hybridized carbons (Fsp3) is 0.927. The molecule has 0 saturated carbocycles. The van der Waals surface area contributed by atoms with Gasteiger partial charge in [-0.1, -0.05) is 251 Å². The van der Waals surface area contributed by atoms with E-state index in [0.717, 1.165) is 51.4 Å². The summed E-state index contributed by atoms with van der Waals surface area (Å²) in [5.41, 5.74) is 0.